The Balaban J connectivity index is 1.92. The third-order valence-electron chi connectivity index (χ3n) is 3.07. The fraction of sp³-hybridized carbons (Fsp3) is 0.0625. The molecule has 0 aliphatic carbocycles. The quantitative estimate of drug-likeness (QED) is 0.557. The Bertz CT molecular complexity index is 761. The molecule has 0 atom stereocenters. The lowest BCUT2D eigenvalue weighted by Gasteiger charge is -2.02. The maximum absolute atomic E-state index is 9.57. The summed E-state index contributed by atoms with van der Waals surface area (Å²) in [4.78, 5) is 0. The van der Waals surface area contributed by atoms with Crippen LogP contribution in [0.5, 0.6) is 5.75 Å². The largest absolute Gasteiger partial charge is 0.508 e. The van der Waals surface area contributed by atoms with Gasteiger partial charge in [-0.3, -0.25) is 5.43 Å². The number of phenolic OH excluding ortho intramolecular Hbond substituents is 1. The Hall–Kier alpha value is -2.75. The molecule has 3 aromatic rings. The van der Waals surface area contributed by atoms with Crippen molar-refractivity contribution in [2.75, 3.05) is 5.43 Å². The summed E-state index contributed by atoms with van der Waals surface area (Å²) in [5.41, 5.74) is 6.29. The first-order valence-corrected chi connectivity index (χ1v) is 6.30. The molecule has 0 amide bonds. The summed E-state index contributed by atoms with van der Waals surface area (Å²) < 4.78 is 5.46. The van der Waals surface area contributed by atoms with Crippen molar-refractivity contribution in [3.63, 3.8) is 0 Å². The van der Waals surface area contributed by atoms with E-state index < -0.39 is 0 Å². The van der Waals surface area contributed by atoms with Crippen molar-refractivity contribution in [1.82, 2.24) is 0 Å². The summed E-state index contributed by atoms with van der Waals surface area (Å²) in [6.45, 7) is 1.89. The van der Waals surface area contributed by atoms with Crippen molar-refractivity contribution >= 4 is 22.4 Å². The van der Waals surface area contributed by atoms with Gasteiger partial charge in [-0.15, -0.1) is 0 Å². The monoisotopic (exact) mass is 266 g/mol. The van der Waals surface area contributed by atoms with Crippen LogP contribution in [0.1, 0.15) is 12.5 Å². The minimum absolute atomic E-state index is 0.212. The van der Waals surface area contributed by atoms with E-state index in [-0.39, 0.29) is 5.75 Å². The molecule has 0 aliphatic heterocycles. The van der Waals surface area contributed by atoms with Crippen LogP contribution in [0.25, 0.3) is 11.0 Å². The van der Waals surface area contributed by atoms with Gasteiger partial charge in [0.1, 0.15) is 17.6 Å². The van der Waals surface area contributed by atoms with Gasteiger partial charge in [0.2, 0.25) is 0 Å². The molecule has 3 rings (SSSR count). The number of hydrazone groups is 1. The van der Waals surface area contributed by atoms with Gasteiger partial charge in [0, 0.05) is 10.9 Å². The second kappa shape index (κ2) is 5.09. The standard InChI is InChI=1S/C16H14N2O2/c1-11(17-18-12-5-3-2-4-6-12)15-10-20-16-8-7-13(19)9-14(15)16/h2-10,18-19H,1H3/b17-11+. The first-order valence-electron chi connectivity index (χ1n) is 6.30. The number of rotatable bonds is 3. The molecule has 1 heterocycles. The van der Waals surface area contributed by atoms with Crippen molar-refractivity contribution < 1.29 is 9.52 Å². The van der Waals surface area contributed by atoms with Gasteiger partial charge < -0.3 is 9.52 Å². The number of nitrogens with one attached hydrogen (secondary N) is 1. The van der Waals surface area contributed by atoms with E-state index in [4.69, 9.17) is 4.42 Å². The minimum atomic E-state index is 0.212. The maximum atomic E-state index is 9.57. The zero-order valence-corrected chi connectivity index (χ0v) is 11.0. The van der Waals surface area contributed by atoms with Gasteiger partial charge in [-0.1, -0.05) is 18.2 Å². The number of para-hydroxylation sites is 1. The van der Waals surface area contributed by atoms with E-state index in [1.165, 1.54) is 0 Å². The molecule has 0 bridgehead atoms. The molecule has 0 saturated carbocycles. The molecule has 0 fully saturated rings. The average molecular weight is 266 g/mol. The number of benzene rings is 2. The Morgan fingerprint density at radius 1 is 1.15 bits per heavy atom. The zero-order valence-electron chi connectivity index (χ0n) is 11.0. The van der Waals surface area contributed by atoms with Crippen molar-refractivity contribution in [3.8, 4) is 5.75 Å². The zero-order chi connectivity index (χ0) is 13.9. The van der Waals surface area contributed by atoms with E-state index in [1.54, 1.807) is 24.5 Å². The van der Waals surface area contributed by atoms with Gasteiger partial charge >= 0.3 is 0 Å². The smallest absolute Gasteiger partial charge is 0.134 e. The summed E-state index contributed by atoms with van der Waals surface area (Å²) >= 11 is 0. The molecule has 0 radical (unpaired) electrons. The van der Waals surface area contributed by atoms with Crippen LogP contribution in [-0.4, -0.2) is 10.8 Å². The van der Waals surface area contributed by atoms with Crippen molar-refractivity contribution in [2.24, 2.45) is 5.10 Å². The highest BCUT2D eigenvalue weighted by Crippen LogP contribution is 2.25. The number of nitrogens with zero attached hydrogens (tertiary/aromatic N) is 1. The summed E-state index contributed by atoms with van der Waals surface area (Å²) in [6, 6.07) is 14.7. The number of hydrogen-bond acceptors (Lipinski definition) is 4. The molecule has 100 valence electrons. The number of hydrogen-bond donors (Lipinski definition) is 2. The van der Waals surface area contributed by atoms with Crippen LogP contribution in [0, 0.1) is 0 Å². The predicted molar refractivity (Wildman–Crippen MR) is 80.2 cm³/mol. The number of anilines is 1. The highest BCUT2D eigenvalue weighted by molar-refractivity contribution is 6.09. The molecular formula is C16H14N2O2. The molecule has 2 aromatic carbocycles. The minimum Gasteiger partial charge on any atom is -0.508 e. The van der Waals surface area contributed by atoms with Gasteiger partial charge in [-0.2, -0.15) is 5.10 Å². The summed E-state index contributed by atoms with van der Waals surface area (Å²) in [6.07, 6.45) is 1.65. The van der Waals surface area contributed by atoms with Crippen LogP contribution in [0.4, 0.5) is 5.69 Å². The molecule has 0 unspecified atom stereocenters. The number of phenols is 1. The van der Waals surface area contributed by atoms with Crippen LogP contribution >= 0.6 is 0 Å². The lowest BCUT2D eigenvalue weighted by Crippen LogP contribution is -1.98. The van der Waals surface area contributed by atoms with Crippen LogP contribution in [0.2, 0.25) is 0 Å². The van der Waals surface area contributed by atoms with Crippen LogP contribution < -0.4 is 5.43 Å². The predicted octanol–water partition coefficient (Wildman–Crippen LogP) is 3.97. The number of furan rings is 1. The third-order valence-corrected chi connectivity index (χ3v) is 3.07. The molecule has 0 spiro atoms. The first kappa shape index (κ1) is 12.3. The fourth-order valence-corrected chi connectivity index (χ4v) is 2.02. The second-order valence-corrected chi connectivity index (χ2v) is 4.50. The molecule has 2 N–H and O–H groups in total. The van der Waals surface area contributed by atoms with Gasteiger partial charge in [-0.25, -0.2) is 0 Å². The van der Waals surface area contributed by atoms with Gasteiger partial charge in [-0.05, 0) is 37.3 Å². The molecule has 0 aliphatic rings. The van der Waals surface area contributed by atoms with E-state index in [0.717, 1.165) is 27.9 Å². The van der Waals surface area contributed by atoms with E-state index in [0.29, 0.717) is 0 Å². The fourth-order valence-electron chi connectivity index (χ4n) is 2.02. The third kappa shape index (κ3) is 2.36. The highest BCUT2D eigenvalue weighted by Gasteiger charge is 2.09. The number of aromatic hydroxyl groups is 1. The molecule has 4 heteroatoms. The number of fused-ring (bicyclic) bond motifs is 1. The maximum Gasteiger partial charge on any atom is 0.134 e. The molecule has 20 heavy (non-hydrogen) atoms. The highest BCUT2D eigenvalue weighted by atomic mass is 16.3. The lowest BCUT2D eigenvalue weighted by atomic mass is 10.1. The van der Waals surface area contributed by atoms with Crippen molar-refractivity contribution in [3.05, 3.63) is 60.4 Å². The van der Waals surface area contributed by atoms with Crippen LogP contribution in [0.15, 0.2) is 64.3 Å². The van der Waals surface area contributed by atoms with Crippen molar-refractivity contribution in [2.45, 2.75) is 6.92 Å². The molecule has 1 aromatic heterocycles. The van der Waals surface area contributed by atoms with Gasteiger partial charge in [0.25, 0.3) is 0 Å². The van der Waals surface area contributed by atoms with Crippen molar-refractivity contribution in [1.29, 1.82) is 0 Å². The summed E-state index contributed by atoms with van der Waals surface area (Å²) in [7, 11) is 0. The van der Waals surface area contributed by atoms with E-state index in [2.05, 4.69) is 10.5 Å². The lowest BCUT2D eigenvalue weighted by molar-refractivity contribution is 0.476. The topological polar surface area (TPSA) is 57.8 Å². The molecular weight excluding hydrogens is 252 g/mol. The summed E-state index contributed by atoms with van der Waals surface area (Å²) in [5, 5.41) is 14.8. The van der Waals surface area contributed by atoms with Crippen LogP contribution in [-0.2, 0) is 0 Å². The molecule has 4 nitrogen and oxygen atoms in total. The van der Waals surface area contributed by atoms with E-state index in [9.17, 15) is 5.11 Å². The van der Waals surface area contributed by atoms with E-state index in [1.807, 2.05) is 37.3 Å². The Morgan fingerprint density at radius 2 is 1.95 bits per heavy atom. The summed E-state index contributed by atoms with van der Waals surface area (Å²) in [5.74, 6) is 0.212. The Labute approximate surface area is 116 Å². The Kier molecular flexibility index (Phi) is 3.13. The van der Waals surface area contributed by atoms with E-state index >= 15 is 0 Å². The normalized spacial score (nSPS) is 11.8. The first-order chi connectivity index (χ1) is 9.74. The molecule has 0 saturated heterocycles. The SMILES string of the molecule is C/C(=N\Nc1ccccc1)c1coc2ccc(O)cc12. The van der Waals surface area contributed by atoms with Crippen LogP contribution in [0.3, 0.4) is 0 Å². The van der Waals surface area contributed by atoms with Gasteiger partial charge in [0.05, 0.1) is 11.4 Å². The Morgan fingerprint density at radius 3 is 2.75 bits per heavy atom. The average Bonchev–Trinajstić information content (AvgIpc) is 2.89. The second-order valence-electron chi connectivity index (χ2n) is 4.50. The van der Waals surface area contributed by atoms with Gasteiger partial charge in [0.15, 0.2) is 0 Å².